The number of aliphatic imine (C=N–C) groups is 1. The lowest BCUT2D eigenvalue weighted by Crippen LogP contribution is -1.93. The van der Waals surface area contributed by atoms with Gasteiger partial charge >= 0.3 is 0 Å². The summed E-state index contributed by atoms with van der Waals surface area (Å²) in [6.45, 7) is 5.28. The summed E-state index contributed by atoms with van der Waals surface area (Å²) >= 11 is 0. The minimum absolute atomic E-state index is 0.230. The fourth-order valence-corrected chi connectivity index (χ4v) is 0.884. The molecule has 2 nitrogen and oxygen atoms in total. The molecule has 0 spiro atoms. The summed E-state index contributed by atoms with van der Waals surface area (Å²) in [6.07, 6.45) is 0. The normalized spacial score (nSPS) is 9.18. The predicted octanol–water partition coefficient (Wildman–Crippen LogP) is 2.02. The average Bonchev–Trinajstić information content (AvgIpc) is 2.03. The Morgan fingerprint density at radius 2 is 2.27 bits per heavy atom. The number of amidine groups is 1. The van der Waals surface area contributed by atoms with Crippen LogP contribution in [0.5, 0.6) is 0 Å². The molecular formula is C9H10N2. The zero-order valence-electron chi connectivity index (χ0n) is 6.46. The van der Waals surface area contributed by atoms with Gasteiger partial charge < -0.3 is 0 Å². The highest BCUT2D eigenvalue weighted by Crippen LogP contribution is 2.04. The predicted molar refractivity (Wildman–Crippen MR) is 47.6 cm³/mol. The molecule has 0 atom stereocenters. The van der Waals surface area contributed by atoms with Crippen LogP contribution in [0.15, 0.2) is 29.3 Å². The first-order chi connectivity index (χ1) is 5.24. The molecule has 0 amide bonds. The van der Waals surface area contributed by atoms with E-state index in [0.717, 1.165) is 11.1 Å². The van der Waals surface area contributed by atoms with Crippen LogP contribution in [0, 0.1) is 12.3 Å². The summed E-state index contributed by atoms with van der Waals surface area (Å²) in [5.41, 5.74) is 1.95. The molecule has 0 saturated heterocycles. The lowest BCUT2D eigenvalue weighted by Gasteiger charge is -1.97. The third-order valence-electron chi connectivity index (χ3n) is 1.45. The van der Waals surface area contributed by atoms with Gasteiger partial charge in [0.05, 0.1) is 0 Å². The second-order valence-corrected chi connectivity index (χ2v) is 2.38. The Bertz CT molecular complexity index is 289. The Balaban J connectivity index is 3.05. The van der Waals surface area contributed by atoms with Crippen molar-refractivity contribution in [1.29, 1.82) is 5.41 Å². The molecule has 56 valence electrons. The molecule has 1 aromatic rings. The summed E-state index contributed by atoms with van der Waals surface area (Å²) in [7, 11) is 0. The Morgan fingerprint density at radius 1 is 1.55 bits per heavy atom. The molecule has 2 heteroatoms. The first-order valence-electron chi connectivity index (χ1n) is 3.36. The van der Waals surface area contributed by atoms with Crippen LogP contribution in [0.3, 0.4) is 0 Å². The third-order valence-corrected chi connectivity index (χ3v) is 1.45. The molecule has 0 heterocycles. The molecule has 0 saturated carbocycles. The zero-order valence-corrected chi connectivity index (χ0v) is 6.46. The van der Waals surface area contributed by atoms with Crippen LogP contribution in [-0.2, 0) is 0 Å². The van der Waals surface area contributed by atoms with E-state index in [2.05, 4.69) is 11.7 Å². The van der Waals surface area contributed by atoms with E-state index in [1.807, 2.05) is 31.2 Å². The van der Waals surface area contributed by atoms with Crippen LogP contribution in [0.25, 0.3) is 0 Å². The molecule has 11 heavy (non-hydrogen) atoms. The Kier molecular flexibility index (Phi) is 2.16. The molecule has 1 rings (SSSR count). The lowest BCUT2D eigenvalue weighted by atomic mass is 10.1. The van der Waals surface area contributed by atoms with Crippen molar-refractivity contribution in [2.24, 2.45) is 4.99 Å². The van der Waals surface area contributed by atoms with E-state index < -0.39 is 0 Å². The van der Waals surface area contributed by atoms with Crippen molar-refractivity contribution < 1.29 is 0 Å². The van der Waals surface area contributed by atoms with Crippen molar-refractivity contribution in [2.75, 3.05) is 0 Å². The molecule has 0 radical (unpaired) electrons. The summed E-state index contributed by atoms with van der Waals surface area (Å²) in [4.78, 5) is 3.53. The fraction of sp³-hybridized carbons (Fsp3) is 0.111. The quantitative estimate of drug-likeness (QED) is 0.465. The van der Waals surface area contributed by atoms with Gasteiger partial charge in [0.15, 0.2) is 5.84 Å². The van der Waals surface area contributed by atoms with Gasteiger partial charge in [0.1, 0.15) is 0 Å². The van der Waals surface area contributed by atoms with Crippen molar-refractivity contribution in [3.8, 4) is 0 Å². The lowest BCUT2D eigenvalue weighted by molar-refractivity contribution is 1.39. The minimum Gasteiger partial charge on any atom is -0.282 e. The maximum atomic E-state index is 7.35. The van der Waals surface area contributed by atoms with E-state index in [1.165, 1.54) is 0 Å². The average molecular weight is 146 g/mol. The minimum atomic E-state index is 0.230. The molecule has 1 N–H and O–H groups in total. The van der Waals surface area contributed by atoms with E-state index in [9.17, 15) is 0 Å². The highest BCUT2D eigenvalue weighted by molar-refractivity contribution is 5.99. The number of benzene rings is 1. The van der Waals surface area contributed by atoms with Gasteiger partial charge in [-0.1, -0.05) is 23.8 Å². The van der Waals surface area contributed by atoms with Gasteiger partial charge in [-0.25, -0.2) is 4.99 Å². The Labute approximate surface area is 66.1 Å². The Hall–Kier alpha value is -1.44. The van der Waals surface area contributed by atoms with Gasteiger partial charge in [0.25, 0.3) is 0 Å². The van der Waals surface area contributed by atoms with Crippen molar-refractivity contribution in [3.63, 3.8) is 0 Å². The van der Waals surface area contributed by atoms with Crippen LogP contribution < -0.4 is 0 Å². The maximum absolute atomic E-state index is 7.35. The van der Waals surface area contributed by atoms with E-state index >= 15 is 0 Å². The molecule has 0 bridgehead atoms. The molecule has 0 aromatic heterocycles. The van der Waals surface area contributed by atoms with Crippen molar-refractivity contribution in [1.82, 2.24) is 0 Å². The molecule has 0 fully saturated rings. The maximum Gasteiger partial charge on any atom is 0.151 e. The number of nitrogens with one attached hydrogen (secondary N) is 1. The summed E-state index contributed by atoms with van der Waals surface area (Å²) in [5.74, 6) is 0.230. The largest absolute Gasteiger partial charge is 0.282 e. The monoisotopic (exact) mass is 146 g/mol. The van der Waals surface area contributed by atoms with Crippen molar-refractivity contribution in [3.05, 3.63) is 35.4 Å². The molecule has 0 aliphatic rings. The third kappa shape index (κ3) is 1.74. The SMILES string of the molecule is C=NC(=N)c1cccc(C)c1. The molecule has 0 aliphatic carbocycles. The highest BCUT2D eigenvalue weighted by atomic mass is 14.8. The second-order valence-electron chi connectivity index (χ2n) is 2.38. The number of hydrogen-bond acceptors (Lipinski definition) is 1. The number of rotatable bonds is 1. The van der Waals surface area contributed by atoms with E-state index in [4.69, 9.17) is 5.41 Å². The number of aryl methyl sites for hydroxylation is 1. The van der Waals surface area contributed by atoms with Gasteiger partial charge in [0.2, 0.25) is 0 Å². The van der Waals surface area contributed by atoms with Gasteiger partial charge in [-0.05, 0) is 19.7 Å². The molecule has 0 unspecified atom stereocenters. The summed E-state index contributed by atoms with van der Waals surface area (Å²) < 4.78 is 0. The first-order valence-corrected chi connectivity index (χ1v) is 3.36. The van der Waals surface area contributed by atoms with E-state index in [1.54, 1.807) is 0 Å². The summed E-state index contributed by atoms with van der Waals surface area (Å²) in [5, 5.41) is 7.35. The van der Waals surface area contributed by atoms with E-state index in [0.29, 0.717) is 0 Å². The van der Waals surface area contributed by atoms with Gasteiger partial charge in [0, 0.05) is 5.56 Å². The number of nitrogens with zero attached hydrogens (tertiary/aromatic N) is 1. The topological polar surface area (TPSA) is 36.2 Å². The van der Waals surface area contributed by atoms with Crippen LogP contribution in [0.2, 0.25) is 0 Å². The van der Waals surface area contributed by atoms with Crippen LogP contribution in [0.4, 0.5) is 0 Å². The van der Waals surface area contributed by atoms with Gasteiger partial charge in [-0.15, -0.1) is 0 Å². The van der Waals surface area contributed by atoms with Crippen LogP contribution in [0.1, 0.15) is 11.1 Å². The molecule has 0 aliphatic heterocycles. The fourth-order valence-electron chi connectivity index (χ4n) is 0.884. The second kappa shape index (κ2) is 3.10. The van der Waals surface area contributed by atoms with Crippen molar-refractivity contribution >= 4 is 12.6 Å². The van der Waals surface area contributed by atoms with E-state index in [-0.39, 0.29) is 5.84 Å². The Morgan fingerprint density at radius 3 is 2.82 bits per heavy atom. The zero-order chi connectivity index (χ0) is 8.27. The first kappa shape index (κ1) is 7.66. The van der Waals surface area contributed by atoms with Crippen molar-refractivity contribution in [2.45, 2.75) is 6.92 Å². The smallest absolute Gasteiger partial charge is 0.151 e. The molecular weight excluding hydrogens is 136 g/mol. The summed E-state index contributed by atoms with van der Waals surface area (Å²) in [6, 6.07) is 7.66. The van der Waals surface area contributed by atoms with Gasteiger partial charge in [-0.3, -0.25) is 5.41 Å². The van der Waals surface area contributed by atoms with Crippen LogP contribution >= 0.6 is 0 Å². The van der Waals surface area contributed by atoms with Crippen LogP contribution in [-0.4, -0.2) is 12.6 Å². The highest BCUT2D eigenvalue weighted by Gasteiger charge is 1.95. The number of hydrogen-bond donors (Lipinski definition) is 1. The molecule has 1 aromatic carbocycles. The van der Waals surface area contributed by atoms with Gasteiger partial charge in [-0.2, -0.15) is 0 Å². The standard InChI is InChI=1S/C9H10N2/c1-7-4-3-5-8(6-7)9(10)11-2/h3-6,10H,2H2,1H3.